The maximum absolute atomic E-state index is 12.5. The Hall–Kier alpha value is -6.97. The van der Waals surface area contributed by atoms with Crippen LogP contribution in [0.25, 0.3) is 9.69 Å². The van der Waals surface area contributed by atoms with E-state index in [-0.39, 0.29) is 69.8 Å². The highest BCUT2D eigenvalue weighted by Crippen LogP contribution is 2.44. The van der Waals surface area contributed by atoms with Crippen LogP contribution in [0.3, 0.4) is 0 Å². The molecule has 0 aromatic carbocycles. The highest BCUT2D eigenvalue weighted by atomic mass is 16.5. The molecule has 9 N–H and O–H groups in total. The van der Waals surface area contributed by atoms with Crippen LogP contribution in [0.4, 0.5) is 0 Å². The maximum Gasteiger partial charge on any atom is 0.265 e. The SMILES string of the molecule is [C-]#[N+]/C(C#N)=C1/CC(C)(C)CC(NCCOCCN(CCOCCNC2=C(C(N)=O)C(=C(C#N)C#N)CC(C)(C)C2)CCOCCNC2=C(C(N)=O)/C(=C(/C#N)[N+]#[C-])CC(C)(C)C2)=C1C(N)=O. The number of primary amides is 3. The van der Waals surface area contributed by atoms with Crippen molar-refractivity contribution in [3.8, 4) is 24.3 Å². The summed E-state index contributed by atoms with van der Waals surface area (Å²) in [5.41, 5.74) is 19.1. The second kappa shape index (κ2) is 25.1. The quantitative estimate of drug-likeness (QED) is 0.0459. The molecule has 356 valence electrons. The summed E-state index contributed by atoms with van der Waals surface area (Å²) in [6, 6.07) is 7.58. The van der Waals surface area contributed by atoms with Gasteiger partial charge in [0.15, 0.2) is 0 Å². The van der Waals surface area contributed by atoms with Gasteiger partial charge in [0.1, 0.15) is 17.7 Å². The molecule has 0 aliphatic heterocycles. The predicted molar refractivity (Wildman–Crippen MR) is 247 cm³/mol. The molecule has 19 heteroatoms. The van der Waals surface area contributed by atoms with Crippen molar-refractivity contribution in [2.75, 3.05) is 78.9 Å². The fourth-order valence-corrected chi connectivity index (χ4v) is 8.62. The van der Waals surface area contributed by atoms with Gasteiger partial charge in [0, 0.05) is 56.4 Å². The molecule has 0 radical (unpaired) electrons. The van der Waals surface area contributed by atoms with Gasteiger partial charge in [-0.05, 0) is 71.5 Å². The van der Waals surface area contributed by atoms with Gasteiger partial charge in [-0.3, -0.25) is 19.3 Å². The van der Waals surface area contributed by atoms with Gasteiger partial charge in [-0.25, -0.2) is 20.2 Å². The van der Waals surface area contributed by atoms with Gasteiger partial charge in [-0.15, -0.1) is 0 Å². The first-order valence-corrected chi connectivity index (χ1v) is 22.0. The van der Waals surface area contributed by atoms with E-state index in [0.717, 1.165) is 0 Å². The smallest absolute Gasteiger partial charge is 0.265 e. The summed E-state index contributed by atoms with van der Waals surface area (Å²) in [6.07, 6.45) is 2.58. The largest absolute Gasteiger partial charge is 0.385 e. The van der Waals surface area contributed by atoms with E-state index in [0.29, 0.717) is 131 Å². The summed E-state index contributed by atoms with van der Waals surface area (Å²) >= 11 is 0. The second-order valence-electron chi connectivity index (χ2n) is 18.8. The van der Waals surface area contributed by atoms with Gasteiger partial charge in [-0.1, -0.05) is 41.5 Å². The highest BCUT2D eigenvalue weighted by Gasteiger charge is 2.37. The molecule has 0 unspecified atom stereocenters. The Labute approximate surface area is 394 Å². The first kappa shape index (κ1) is 54.4. The van der Waals surface area contributed by atoms with Crippen LogP contribution in [0, 0.1) is 74.7 Å². The fourth-order valence-electron chi connectivity index (χ4n) is 8.62. The number of rotatable bonds is 24. The van der Waals surface area contributed by atoms with Crippen molar-refractivity contribution in [2.24, 2.45) is 33.4 Å². The van der Waals surface area contributed by atoms with Gasteiger partial charge < -0.3 is 47.4 Å². The summed E-state index contributed by atoms with van der Waals surface area (Å²) in [6.45, 7) is 31.3. The number of amides is 3. The standard InChI is InChI=1S/C48H63N13O6/c1-46(2)21-32(31(27-49)28-50)40(43(53)62)35(24-46)58-9-15-65-18-12-61(13-19-66-16-10-59-36-25-47(3,4)22-33(38(29-51)56-7)41(36)44(54)63)14-20-67-17-11-60-37-26-48(5,6)23-34(39(30-52)57-8)42(37)45(55)64/h58-60H,9-26H2,1-6H3,(H2,53,62)(H2,54,63)(H2,55,64)/b38-33-,39-34-. The van der Waals surface area contributed by atoms with Gasteiger partial charge in [0.05, 0.1) is 81.6 Å². The maximum atomic E-state index is 12.5. The van der Waals surface area contributed by atoms with Gasteiger partial charge in [0.2, 0.25) is 11.8 Å². The summed E-state index contributed by atoms with van der Waals surface area (Å²) in [4.78, 5) is 46.4. The molecular formula is C48H63N13O6. The molecule has 3 rings (SSSR count). The minimum Gasteiger partial charge on any atom is -0.385 e. The third-order valence-electron chi connectivity index (χ3n) is 11.4. The Bertz CT molecular complexity index is 2070. The highest BCUT2D eigenvalue weighted by molar-refractivity contribution is 5.99. The average Bonchev–Trinajstić information content (AvgIpc) is 3.23. The number of allylic oxidation sites excluding steroid dienone is 6. The van der Waals surface area contributed by atoms with Crippen LogP contribution in [0.5, 0.6) is 0 Å². The van der Waals surface area contributed by atoms with Crippen LogP contribution >= 0.6 is 0 Å². The monoisotopic (exact) mass is 918 g/mol. The van der Waals surface area contributed by atoms with Crippen molar-refractivity contribution in [1.29, 1.82) is 21.0 Å². The topological polar surface area (TPSA) is 300 Å². The van der Waals surface area contributed by atoms with Crippen molar-refractivity contribution in [1.82, 2.24) is 20.9 Å². The third kappa shape index (κ3) is 15.9. The van der Waals surface area contributed by atoms with E-state index in [2.05, 4.69) is 30.5 Å². The van der Waals surface area contributed by atoms with Crippen LogP contribution in [0.2, 0.25) is 0 Å². The van der Waals surface area contributed by atoms with Crippen molar-refractivity contribution in [3.05, 3.63) is 90.3 Å². The van der Waals surface area contributed by atoms with Gasteiger partial charge in [0.25, 0.3) is 17.3 Å². The van der Waals surface area contributed by atoms with Gasteiger partial charge >= 0.3 is 0 Å². The molecule has 0 heterocycles. The minimum atomic E-state index is -0.714. The Morgan fingerprint density at radius 1 is 0.537 bits per heavy atom. The lowest BCUT2D eigenvalue weighted by Crippen LogP contribution is -2.36. The molecule has 0 aromatic rings. The molecule has 0 fully saturated rings. The van der Waals surface area contributed by atoms with Crippen molar-refractivity contribution < 1.29 is 28.6 Å². The summed E-state index contributed by atoms with van der Waals surface area (Å²) in [5.74, 6) is -2.13. The molecule has 3 aliphatic carbocycles. The van der Waals surface area contributed by atoms with Crippen LogP contribution in [-0.4, -0.2) is 102 Å². The number of nitrogens with two attached hydrogens (primary N) is 3. The first-order valence-electron chi connectivity index (χ1n) is 22.0. The Kier molecular flexibility index (Phi) is 20.3. The van der Waals surface area contributed by atoms with Crippen molar-refractivity contribution >= 4 is 17.7 Å². The van der Waals surface area contributed by atoms with E-state index in [1.165, 1.54) is 0 Å². The van der Waals surface area contributed by atoms with Crippen molar-refractivity contribution in [2.45, 2.75) is 80.1 Å². The number of nitriles is 4. The van der Waals surface area contributed by atoms with E-state index in [1.807, 2.05) is 65.8 Å². The summed E-state index contributed by atoms with van der Waals surface area (Å²) in [7, 11) is 0. The Morgan fingerprint density at radius 3 is 1.10 bits per heavy atom. The average molecular weight is 918 g/mol. The first-order chi connectivity index (χ1) is 31.7. The van der Waals surface area contributed by atoms with E-state index in [4.69, 9.17) is 44.6 Å². The molecule has 0 spiro atoms. The predicted octanol–water partition coefficient (Wildman–Crippen LogP) is 3.52. The van der Waals surface area contributed by atoms with E-state index in [1.54, 1.807) is 0 Å². The molecule has 0 saturated carbocycles. The zero-order valence-electron chi connectivity index (χ0n) is 39.5. The lowest BCUT2D eigenvalue weighted by atomic mass is 9.72. The summed E-state index contributed by atoms with van der Waals surface area (Å²) < 4.78 is 18.0. The zero-order chi connectivity index (χ0) is 50.0. The molecule has 19 nitrogen and oxygen atoms in total. The number of ether oxygens (including phenoxy) is 3. The number of hydrogen-bond donors (Lipinski definition) is 6. The van der Waals surface area contributed by atoms with Crippen molar-refractivity contribution in [3.63, 3.8) is 0 Å². The van der Waals surface area contributed by atoms with E-state index in [9.17, 15) is 35.4 Å². The minimum absolute atomic E-state index is 0.137. The van der Waals surface area contributed by atoms with Crippen LogP contribution in [0.1, 0.15) is 80.1 Å². The van der Waals surface area contributed by atoms with Gasteiger partial charge in [-0.2, -0.15) is 10.5 Å². The molecule has 3 aliphatic rings. The third-order valence-corrected chi connectivity index (χ3v) is 11.4. The molecule has 0 aromatic heterocycles. The zero-order valence-corrected chi connectivity index (χ0v) is 39.5. The fraction of sp³-hybridized carbons (Fsp3) is 0.562. The lowest BCUT2D eigenvalue weighted by molar-refractivity contribution is -0.115. The number of carbonyl (C=O) groups is 3. The Morgan fingerprint density at radius 2 is 0.836 bits per heavy atom. The second-order valence-corrected chi connectivity index (χ2v) is 18.8. The number of hydrogen-bond acceptors (Lipinski definition) is 14. The number of nitrogens with one attached hydrogen (secondary N) is 3. The normalized spacial score (nSPS) is 18.9. The number of nitrogens with zero attached hydrogens (tertiary/aromatic N) is 7. The lowest BCUT2D eigenvalue weighted by Gasteiger charge is -2.35. The molecule has 0 atom stereocenters. The van der Waals surface area contributed by atoms with E-state index < -0.39 is 17.7 Å². The van der Waals surface area contributed by atoms with Crippen LogP contribution < -0.4 is 33.2 Å². The molecule has 3 amide bonds. The molecule has 0 saturated heterocycles. The van der Waals surface area contributed by atoms with Crippen LogP contribution in [-0.2, 0) is 28.6 Å². The number of carbonyl (C=O) groups excluding carboxylic acids is 3. The van der Waals surface area contributed by atoms with E-state index >= 15 is 0 Å². The summed E-state index contributed by atoms with van der Waals surface area (Å²) in [5, 5.41) is 48.0. The molecule has 0 bridgehead atoms. The molecule has 67 heavy (non-hydrogen) atoms. The molecular weight excluding hydrogens is 855 g/mol. The Balaban J connectivity index is 1.65. The van der Waals surface area contributed by atoms with Crippen LogP contribution in [0.15, 0.2) is 67.5 Å².